The number of benzene rings is 1. The van der Waals surface area contributed by atoms with Crippen molar-refractivity contribution in [2.24, 2.45) is 0 Å². The van der Waals surface area contributed by atoms with Crippen LogP contribution >= 0.6 is 0 Å². The van der Waals surface area contributed by atoms with Gasteiger partial charge in [-0.3, -0.25) is 13.8 Å². The molecule has 0 saturated heterocycles. The molecule has 1 aliphatic carbocycles. The van der Waals surface area contributed by atoms with Gasteiger partial charge in [0.25, 0.3) is 5.91 Å². The molecule has 164 valence electrons. The van der Waals surface area contributed by atoms with Crippen LogP contribution in [-0.2, 0) is 6.54 Å². The molecule has 0 aliphatic heterocycles. The molecule has 0 bridgehead atoms. The molecule has 1 amide bonds. The molecule has 5 rings (SSSR count). The highest BCUT2D eigenvalue weighted by molar-refractivity contribution is 5.99. The molecule has 1 fully saturated rings. The van der Waals surface area contributed by atoms with E-state index in [-0.39, 0.29) is 17.6 Å². The summed E-state index contributed by atoms with van der Waals surface area (Å²) in [6, 6.07) is 9.29. The van der Waals surface area contributed by atoms with Gasteiger partial charge in [0.15, 0.2) is 5.65 Å². The lowest BCUT2D eigenvalue weighted by Gasteiger charge is -2.28. The minimum Gasteiger partial charge on any atom is -0.391 e. The van der Waals surface area contributed by atoms with Crippen LogP contribution in [0, 0.1) is 0 Å². The van der Waals surface area contributed by atoms with Crippen LogP contribution < -0.4 is 11.0 Å². The third kappa shape index (κ3) is 3.82. The van der Waals surface area contributed by atoms with E-state index in [1.165, 1.54) is 15.2 Å². The largest absolute Gasteiger partial charge is 0.391 e. The average Bonchev–Trinajstić information content (AvgIpc) is 3.50. The normalized spacial score (nSPS) is 18.7. The second kappa shape index (κ2) is 8.43. The van der Waals surface area contributed by atoms with Gasteiger partial charge in [-0.15, -0.1) is 0 Å². The number of nitrogens with zero attached hydrogens (tertiary/aromatic N) is 5. The van der Waals surface area contributed by atoms with Crippen LogP contribution in [0.4, 0.5) is 0 Å². The van der Waals surface area contributed by atoms with E-state index in [1.54, 1.807) is 23.3 Å². The van der Waals surface area contributed by atoms with Crippen LogP contribution in [-0.4, -0.2) is 46.9 Å². The van der Waals surface area contributed by atoms with Crippen molar-refractivity contribution in [1.82, 2.24) is 29.0 Å². The van der Waals surface area contributed by atoms with Crippen molar-refractivity contribution in [3.63, 3.8) is 0 Å². The first-order valence-corrected chi connectivity index (χ1v) is 10.7. The Morgan fingerprint density at radius 1 is 1.12 bits per heavy atom. The van der Waals surface area contributed by atoms with Gasteiger partial charge in [0.2, 0.25) is 0 Å². The number of hydrogen-bond donors (Lipinski definition) is 2. The predicted octanol–water partition coefficient (Wildman–Crippen LogP) is 1.76. The van der Waals surface area contributed by atoms with Gasteiger partial charge in [-0.25, -0.2) is 14.5 Å². The lowest BCUT2D eigenvalue weighted by molar-refractivity contribution is 0.0717. The molecule has 9 nitrogen and oxygen atoms in total. The van der Waals surface area contributed by atoms with Gasteiger partial charge < -0.3 is 10.4 Å². The highest BCUT2D eigenvalue weighted by atomic mass is 16.3. The zero-order valence-corrected chi connectivity index (χ0v) is 17.5. The van der Waals surface area contributed by atoms with Crippen molar-refractivity contribution in [3.8, 4) is 5.69 Å². The molecule has 1 aliphatic rings. The summed E-state index contributed by atoms with van der Waals surface area (Å²) in [5.74, 6) is -0.338. The molecular weight excluding hydrogens is 408 g/mol. The van der Waals surface area contributed by atoms with Gasteiger partial charge >= 0.3 is 5.69 Å². The van der Waals surface area contributed by atoms with Crippen LogP contribution in [0.5, 0.6) is 0 Å². The first-order valence-electron chi connectivity index (χ1n) is 10.7. The minimum atomic E-state index is -0.553. The number of aromatic nitrogens is 5. The number of fused-ring (bicyclic) bond motifs is 1. The van der Waals surface area contributed by atoms with E-state index in [9.17, 15) is 14.7 Å². The monoisotopic (exact) mass is 432 g/mol. The average molecular weight is 432 g/mol. The van der Waals surface area contributed by atoms with Gasteiger partial charge in [0.1, 0.15) is 0 Å². The Labute approximate surface area is 184 Å². The third-order valence-electron chi connectivity index (χ3n) is 5.97. The predicted molar refractivity (Wildman–Crippen MR) is 118 cm³/mol. The molecule has 3 heterocycles. The molecule has 32 heavy (non-hydrogen) atoms. The highest BCUT2D eigenvalue weighted by Crippen LogP contribution is 2.19. The number of carbonyl (C=O) groups is 1. The first-order chi connectivity index (χ1) is 15.6. The standard InChI is InChI=1S/C23H24N6O3/c30-20-5-2-1-4-19(20)26-22(31)18-15-27(23(32)28-13-11-24-21(18)28)14-16-6-8-17(9-7-16)29-12-3-10-25-29/h3,6-13,15,19-20,30H,1-2,4-5,14H2,(H,26,31)/t19-,20-/m0/s1. The number of amides is 1. The van der Waals surface area contributed by atoms with Gasteiger partial charge in [-0.05, 0) is 36.6 Å². The van der Waals surface area contributed by atoms with Crippen molar-refractivity contribution in [2.75, 3.05) is 0 Å². The molecule has 9 heteroatoms. The molecule has 3 aromatic heterocycles. The van der Waals surface area contributed by atoms with Gasteiger partial charge in [-0.2, -0.15) is 5.10 Å². The Kier molecular flexibility index (Phi) is 5.32. The molecule has 0 spiro atoms. The Balaban J connectivity index is 1.44. The molecular formula is C23H24N6O3. The molecule has 2 N–H and O–H groups in total. The Hall–Kier alpha value is -3.72. The van der Waals surface area contributed by atoms with E-state index in [2.05, 4.69) is 15.4 Å². The second-order valence-electron chi connectivity index (χ2n) is 8.12. The van der Waals surface area contributed by atoms with Crippen molar-refractivity contribution in [2.45, 2.75) is 44.4 Å². The Bertz CT molecular complexity index is 1290. The Morgan fingerprint density at radius 3 is 2.69 bits per heavy atom. The lowest BCUT2D eigenvalue weighted by atomic mass is 9.92. The van der Waals surface area contributed by atoms with Crippen LogP contribution in [0.25, 0.3) is 11.3 Å². The van der Waals surface area contributed by atoms with Crippen LogP contribution in [0.3, 0.4) is 0 Å². The topological polar surface area (TPSA) is 106 Å². The number of rotatable bonds is 5. The molecule has 0 radical (unpaired) electrons. The fraction of sp³-hybridized carbons (Fsp3) is 0.304. The maximum Gasteiger partial charge on any atom is 0.334 e. The van der Waals surface area contributed by atoms with E-state index in [0.717, 1.165) is 30.5 Å². The summed E-state index contributed by atoms with van der Waals surface area (Å²) >= 11 is 0. The number of nitrogens with one attached hydrogen (secondary N) is 1. The number of hydrogen-bond acceptors (Lipinski definition) is 5. The zero-order chi connectivity index (χ0) is 22.1. The van der Waals surface area contributed by atoms with Crippen LogP contribution in [0.1, 0.15) is 41.6 Å². The Morgan fingerprint density at radius 2 is 1.94 bits per heavy atom. The van der Waals surface area contributed by atoms with E-state index in [0.29, 0.717) is 24.2 Å². The molecule has 1 saturated carbocycles. The number of aliphatic hydroxyl groups excluding tert-OH is 1. The summed E-state index contributed by atoms with van der Waals surface area (Å²) in [4.78, 5) is 30.2. The van der Waals surface area contributed by atoms with Crippen molar-refractivity contribution in [1.29, 1.82) is 0 Å². The minimum absolute atomic E-state index is 0.275. The molecule has 1 aromatic carbocycles. The number of carbonyl (C=O) groups excluding carboxylic acids is 1. The number of imidazole rings is 1. The van der Waals surface area contributed by atoms with E-state index < -0.39 is 6.10 Å². The molecule has 2 atom stereocenters. The fourth-order valence-electron chi connectivity index (χ4n) is 4.24. The second-order valence-corrected chi connectivity index (χ2v) is 8.12. The third-order valence-corrected chi connectivity index (χ3v) is 5.97. The maximum absolute atomic E-state index is 13.1. The van der Waals surface area contributed by atoms with E-state index in [4.69, 9.17) is 0 Å². The zero-order valence-electron chi connectivity index (χ0n) is 17.5. The first kappa shape index (κ1) is 20.2. The van der Waals surface area contributed by atoms with Gasteiger partial charge in [0, 0.05) is 31.0 Å². The summed E-state index contributed by atoms with van der Waals surface area (Å²) in [5.41, 5.74) is 2.17. The smallest absolute Gasteiger partial charge is 0.334 e. The molecule has 4 aromatic rings. The van der Waals surface area contributed by atoms with Crippen molar-refractivity contribution >= 4 is 11.6 Å². The SMILES string of the molecule is O=C(N[C@H]1CCCC[C@@H]1O)c1cn(Cc2ccc(-n3cccn3)cc2)c(=O)n2ccnc12. The number of aliphatic hydroxyl groups is 1. The van der Waals surface area contributed by atoms with Gasteiger partial charge in [0.05, 0.1) is 29.9 Å². The van der Waals surface area contributed by atoms with Crippen molar-refractivity contribution < 1.29 is 9.90 Å². The fourth-order valence-corrected chi connectivity index (χ4v) is 4.24. The highest BCUT2D eigenvalue weighted by Gasteiger charge is 2.26. The van der Waals surface area contributed by atoms with Gasteiger partial charge in [-0.1, -0.05) is 25.0 Å². The summed E-state index contributed by atoms with van der Waals surface area (Å²) in [6.45, 7) is 0.304. The van der Waals surface area contributed by atoms with E-state index in [1.807, 2.05) is 36.5 Å². The van der Waals surface area contributed by atoms with E-state index >= 15 is 0 Å². The quantitative estimate of drug-likeness (QED) is 0.500. The summed E-state index contributed by atoms with van der Waals surface area (Å²) in [6.07, 6.45) is 11.0. The summed E-state index contributed by atoms with van der Waals surface area (Å²) in [7, 11) is 0. The lowest BCUT2D eigenvalue weighted by Crippen LogP contribution is -2.45. The van der Waals surface area contributed by atoms with Crippen LogP contribution in [0.2, 0.25) is 0 Å². The summed E-state index contributed by atoms with van der Waals surface area (Å²) in [5, 5.41) is 17.4. The molecule has 0 unspecified atom stereocenters. The van der Waals surface area contributed by atoms with Crippen molar-refractivity contribution in [3.05, 3.63) is 82.9 Å². The maximum atomic E-state index is 13.1. The van der Waals surface area contributed by atoms with Crippen LogP contribution in [0.15, 0.2) is 66.1 Å². The summed E-state index contributed by atoms with van der Waals surface area (Å²) < 4.78 is 4.64.